The SMILES string of the molecule is CC(C)C(=O)N/N=C\c1ccccc1Cl. The van der Waals surface area contributed by atoms with Crippen LogP contribution in [0, 0.1) is 5.92 Å². The third kappa shape index (κ3) is 3.72. The number of amides is 1. The number of hydrogen-bond acceptors (Lipinski definition) is 2. The van der Waals surface area contributed by atoms with Crippen molar-refractivity contribution in [2.75, 3.05) is 0 Å². The highest BCUT2D eigenvalue weighted by Crippen LogP contribution is 2.11. The van der Waals surface area contributed by atoms with Gasteiger partial charge in [-0.25, -0.2) is 5.43 Å². The number of carbonyl (C=O) groups is 1. The molecular weight excluding hydrogens is 212 g/mol. The van der Waals surface area contributed by atoms with Gasteiger partial charge in [0.1, 0.15) is 0 Å². The zero-order chi connectivity index (χ0) is 11.3. The first kappa shape index (κ1) is 11.7. The van der Waals surface area contributed by atoms with Gasteiger partial charge in [0.05, 0.1) is 6.21 Å². The number of nitrogens with one attached hydrogen (secondary N) is 1. The molecule has 15 heavy (non-hydrogen) atoms. The highest BCUT2D eigenvalue weighted by Gasteiger charge is 2.03. The van der Waals surface area contributed by atoms with Crippen molar-refractivity contribution in [2.24, 2.45) is 11.0 Å². The summed E-state index contributed by atoms with van der Waals surface area (Å²) in [6, 6.07) is 7.30. The molecule has 0 heterocycles. The quantitative estimate of drug-likeness (QED) is 0.622. The molecule has 0 aliphatic heterocycles. The number of hydrazone groups is 1. The smallest absolute Gasteiger partial charge is 0.242 e. The Bertz CT molecular complexity index is 375. The molecule has 0 bridgehead atoms. The molecule has 1 aromatic rings. The van der Waals surface area contributed by atoms with E-state index in [-0.39, 0.29) is 11.8 Å². The summed E-state index contributed by atoms with van der Waals surface area (Å²) in [6.07, 6.45) is 1.53. The van der Waals surface area contributed by atoms with Gasteiger partial charge in [0, 0.05) is 16.5 Å². The van der Waals surface area contributed by atoms with Gasteiger partial charge in [0.2, 0.25) is 5.91 Å². The summed E-state index contributed by atoms with van der Waals surface area (Å²) in [5, 5.41) is 4.43. The van der Waals surface area contributed by atoms with E-state index in [1.54, 1.807) is 19.9 Å². The minimum atomic E-state index is -0.113. The Hall–Kier alpha value is -1.35. The summed E-state index contributed by atoms with van der Waals surface area (Å²) in [4.78, 5) is 11.2. The maximum absolute atomic E-state index is 11.2. The summed E-state index contributed by atoms with van der Waals surface area (Å²) in [6.45, 7) is 3.61. The lowest BCUT2D eigenvalue weighted by molar-refractivity contribution is -0.123. The molecule has 0 aliphatic carbocycles. The maximum Gasteiger partial charge on any atom is 0.242 e. The van der Waals surface area contributed by atoms with Crippen LogP contribution in [-0.2, 0) is 4.79 Å². The van der Waals surface area contributed by atoms with Gasteiger partial charge in [-0.05, 0) is 6.07 Å². The summed E-state index contributed by atoms with van der Waals surface area (Å²) in [5.41, 5.74) is 3.21. The van der Waals surface area contributed by atoms with E-state index < -0.39 is 0 Å². The number of hydrogen-bond donors (Lipinski definition) is 1. The van der Waals surface area contributed by atoms with E-state index in [0.717, 1.165) is 5.56 Å². The molecule has 0 radical (unpaired) electrons. The fraction of sp³-hybridized carbons (Fsp3) is 0.273. The Balaban J connectivity index is 2.59. The predicted octanol–water partition coefficient (Wildman–Crippen LogP) is 2.45. The normalized spacial score (nSPS) is 10.9. The molecule has 0 aliphatic rings. The van der Waals surface area contributed by atoms with Gasteiger partial charge < -0.3 is 0 Å². The molecule has 0 unspecified atom stereocenters. The lowest BCUT2D eigenvalue weighted by Gasteiger charge is -2.01. The highest BCUT2D eigenvalue weighted by atomic mass is 35.5. The molecule has 1 aromatic carbocycles. The van der Waals surface area contributed by atoms with Crippen molar-refractivity contribution in [2.45, 2.75) is 13.8 Å². The van der Waals surface area contributed by atoms with E-state index in [2.05, 4.69) is 10.5 Å². The van der Waals surface area contributed by atoms with Crippen molar-refractivity contribution >= 4 is 23.7 Å². The molecule has 3 nitrogen and oxygen atoms in total. The van der Waals surface area contributed by atoms with E-state index in [1.807, 2.05) is 18.2 Å². The second-order valence-corrected chi connectivity index (χ2v) is 3.82. The van der Waals surface area contributed by atoms with Gasteiger partial charge in [-0.1, -0.05) is 43.6 Å². The van der Waals surface area contributed by atoms with E-state index in [1.165, 1.54) is 6.21 Å². The van der Waals surface area contributed by atoms with Crippen molar-refractivity contribution < 1.29 is 4.79 Å². The van der Waals surface area contributed by atoms with Crippen LogP contribution in [0.4, 0.5) is 0 Å². The molecule has 0 spiro atoms. The Morgan fingerprint density at radius 2 is 2.13 bits per heavy atom. The van der Waals surface area contributed by atoms with Crippen molar-refractivity contribution in [3.05, 3.63) is 34.9 Å². The van der Waals surface area contributed by atoms with Crippen LogP contribution < -0.4 is 5.43 Å². The molecule has 1 rings (SSSR count). The van der Waals surface area contributed by atoms with Gasteiger partial charge in [0.25, 0.3) is 0 Å². The van der Waals surface area contributed by atoms with E-state index in [4.69, 9.17) is 11.6 Å². The zero-order valence-corrected chi connectivity index (χ0v) is 9.45. The fourth-order valence-electron chi connectivity index (χ4n) is 0.874. The van der Waals surface area contributed by atoms with Crippen LogP contribution in [0.1, 0.15) is 19.4 Å². The van der Waals surface area contributed by atoms with E-state index in [0.29, 0.717) is 5.02 Å². The Kier molecular flexibility index (Phi) is 4.31. The third-order valence-electron chi connectivity index (χ3n) is 1.81. The number of benzene rings is 1. The van der Waals surface area contributed by atoms with Crippen molar-refractivity contribution in [3.8, 4) is 0 Å². The van der Waals surface area contributed by atoms with Gasteiger partial charge in [-0.15, -0.1) is 0 Å². The molecule has 80 valence electrons. The summed E-state index contributed by atoms with van der Waals surface area (Å²) in [5.74, 6) is -0.188. The van der Waals surface area contributed by atoms with Crippen LogP contribution in [0.3, 0.4) is 0 Å². The Morgan fingerprint density at radius 3 is 2.73 bits per heavy atom. The van der Waals surface area contributed by atoms with Crippen LogP contribution in [0.2, 0.25) is 5.02 Å². The fourth-order valence-corrected chi connectivity index (χ4v) is 1.06. The molecule has 0 atom stereocenters. The highest BCUT2D eigenvalue weighted by molar-refractivity contribution is 6.33. The standard InChI is InChI=1S/C11H13ClN2O/c1-8(2)11(15)14-13-7-9-5-3-4-6-10(9)12/h3-8H,1-2H3,(H,14,15)/b13-7-. The minimum Gasteiger partial charge on any atom is -0.273 e. The molecule has 0 saturated carbocycles. The average Bonchev–Trinajstić information content (AvgIpc) is 2.20. The summed E-state index contributed by atoms with van der Waals surface area (Å²) < 4.78 is 0. The minimum absolute atomic E-state index is 0.0756. The number of rotatable bonds is 3. The molecule has 1 amide bonds. The Morgan fingerprint density at radius 1 is 1.47 bits per heavy atom. The summed E-state index contributed by atoms with van der Waals surface area (Å²) in [7, 11) is 0. The van der Waals surface area contributed by atoms with E-state index in [9.17, 15) is 4.79 Å². The first-order chi connectivity index (χ1) is 7.11. The van der Waals surface area contributed by atoms with Gasteiger partial charge in [0.15, 0.2) is 0 Å². The van der Waals surface area contributed by atoms with E-state index >= 15 is 0 Å². The average molecular weight is 225 g/mol. The number of nitrogens with zero attached hydrogens (tertiary/aromatic N) is 1. The Labute approximate surface area is 94.1 Å². The van der Waals surface area contributed by atoms with Crippen LogP contribution in [0.5, 0.6) is 0 Å². The molecule has 0 aromatic heterocycles. The largest absolute Gasteiger partial charge is 0.273 e. The van der Waals surface area contributed by atoms with Crippen molar-refractivity contribution in [3.63, 3.8) is 0 Å². The van der Waals surface area contributed by atoms with Gasteiger partial charge in [-0.2, -0.15) is 5.10 Å². The third-order valence-corrected chi connectivity index (χ3v) is 2.15. The maximum atomic E-state index is 11.2. The van der Waals surface area contributed by atoms with Crippen LogP contribution in [0.15, 0.2) is 29.4 Å². The van der Waals surface area contributed by atoms with Crippen LogP contribution in [-0.4, -0.2) is 12.1 Å². The molecule has 1 N–H and O–H groups in total. The monoisotopic (exact) mass is 224 g/mol. The van der Waals surface area contributed by atoms with Crippen molar-refractivity contribution in [1.82, 2.24) is 5.43 Å². The van der Waals surface area contributed by atoms with Crippen molar-refractivity contribution in [1.29, 1.82) is 0 Å². The second kappa shape index (κ2) is 5.51. The lowest BCUT2D eigenvalue weighted by Crippen LogP contribution is -2.22. The van der Waals surface area contributed by atoms with Gasteiger partial charge >= 0.3 is 0 Å². The van der Waals surface area contributed by atoms with Crippen LogP contribution >= 0.6 is 11.6 Å². The second-order valence-electron chi connectivity index (χ2n) is 3.41. The van der Waals surface area contributed by atoms with Crippen LogP contribution in [0.25, 0.3) is 0 Å². The molecule has 4 heteroatoms. The first-order valence-corrected chi connectivity index (χ1v) is 5.06. The summed E-state index contributed by atoms with van der Waals surface area (Å²) >= 11 is 5.90. The number of halogens is 1. The van der Waals surface area contributed by atoms with Gasteiger partial charge in [-0.3, -0.25) is 4.79 Å². The first-order valence-electron chi connectivity index (χ1n) is 4.68. The number of carbonyl (C=O) groups excluding carboxylic acids is 1. The topological polar surface area (TPSA) is 41.5 Å². The molecule has 0 fully saturated rings. The molecular formula is C11H13ClN2O. The predicted molar refractivity (Wildman–Crippen MR) is 62.0 cm³/mol. The zero-order valence-electron chi connectivity index (χ0n) is 8.70. The lowest BCUT2D eigenvalue weighted by atomic mass is 10.2. The molecule has 0 saturated heterocycles.